The van der Waals surface area contributed by atoms with Crippen LogP contribution >= 0.6 is 27.7 Å². The van der Waals surface area contributed by atoms with E-state index in [4.69, 9.17) is 0 Å². The number of aryl methyl sites for hydroxylation is 1. The van der Waals surface area contributed by atoms with Gasteiger partial charge in [-0.1, -0.05) is 19.1 Å². The van der Waals surface area contributed by atoms with Crippen LogP contribution in [-0.4, -0.2) is 39.2 Å². The highest BCUT2D eigenvalue weighted by Gasteiger charge is 2.40. The highest BCUT2D eigenvalue weighted by Crippen LogP contribution is 2.33. The highest BCUT2D eigenvalue weighted by molar-refractivity contribution is 9.10. The number of nitrogens with one attached hydrogen (secondary N) is 1. The molecular weight excluding hydrogens is 356 g/mol. The van der Waals surface area contributed by atoms with Crippen molar-refractivity contribution in [3.05, 3.63) is 28.2 Å². The minimum absolute atomic E-state index is 0.102. The number of carbonyl (C=O) groups excluding carboxylic acids is 1. The molecule has 1 heterocycles. The monoisotopic (exact) mass is 372 g/mol. The number of benzene rings is 1. The Morgan fingerprint density at radius 3 is 2.86 bits per heavy atom. The van der Waals surface area contributed by atoms with Crippen molar-refractivity contribution in [3.8, 4) is 0 Å². The van der Waals surface area contributed by atoms with Crippen LogP contribution in [0.4, 0.5) is 10.5 Å². The Bertz CT molecular complexity index is 567. The summed E-state index contributed by atoms with van der Waals surface area (Å²) in [5, 5.41) is 12.0. The largest absolute Gasteiger partial charge is 0.480 e. The van der Waals surface area contributed by atoms with E-state index >= 15 is 0 Å². The quantitative estimate of drug-likeness (QED) is 0.851. The molecular formula is C14H17BrN2O3S. The molecule has 1 fully saturated rings. The number of anilines is 1. The van der Waals surface area contributed by atoms with Crippen LogP contribution in [0.2, 0.25) is 0 Å². The molecule has 5 nitrogen and oxygen atoms in total. The lowest BCUT2D eigenvalue weighted by molar-refractivity contribution is -0.141. The van der Waals surface area contributed by atoms with Crippen LogP contribution in [0, 0.1) is 6.92 Å². The molecule has 2 atom stereocenters. The summed E-state index contributed by atoms with van der Waals surface area (Å²) in [4.78, 5) is 25.2. The zero-order valence-electron chi connectivity index (χ0n) is 11.8. The van der Waals surface area contributed by atoms with Gasteiger partial charge in [0.15, 0.2) is 0 Å². The van der Waals surface area contributed by atoms with Crippen LogP contribution < -0.4 is 5.32 Å². The molecule has 114 valence electrons. The summed E-state index contributed by atoms with van der Waals surface area (Å²) in [7, 11) is 0. The number of urea groups is 1. The lowest BCUT2D eigenvalue weighted by Crippen LogP contribution is -2.47. The predicted octanol–water partition coefficient (Wildman–Crippen LogP) is 3.53. The van der Waals surface area contributed by atoms with E-state index in [2.05, 4.69) is 21.2 Å². The van der Waals surface area contributed by atoms with Gasteiger partial charge in [-0.15, -0.1) is 11.8 Å². The fourth-order valence-corrected chi connectivity index (χ4v) is 3.97. The summed E-state index contributed by atoms with van der Waals surface area (Å²) in [5.41, 5.74) is 1.65. The number of halogens is 1. The van der Waals surface area contributed by atoms with Crippen molar-refractivity contribution in [1.82, 2.24) is 4.90 Å². The number of hydrogen-bond acceptors (Lipinski definition) is 3. The Morgan fingerprint density at radius 2 is 2.24 bits per heavy atom. The SMILES string of the molecule is CCC1SCC(C(=O)O)N1C(=O)Nc1cccc(C)c1Br. The second-order valence-electron chi connectivity index (χ2n) is 4.82. The summed E-state index contributed by atoms with van der Waals surface area (Å²) < 4.78 is 0.810. The van der Waals surface area contributed by atoms with E-state index in [1.807, 2.05) is 26.0 Å². The van der Waals surface area contributed by atoms with Crippen molar-refractivity contribution in [2.45, 2.75) is 31.7 Å². The molecule has 0 aliphatic carbocycles. The maximum atomic E-state index is 12.5. The second kappa shape index (κ2) is 6.70. The Labute approximate surface area is 136 Å². The van der Waals surface area contributed by atoms with E-state index < -0.39 is 12.0 Å². The molecule has 0 spiro atoms. The fourth-order valence-electron chi connectivity index (χ4n) is 2.26. The molecule has 21 heavy (non-hydrogen) atoms. The predicted molar refractivity (Wildman–Crippen MR) is 87.7 cm³/mol. The van der Waals surface area contributed by atoms with Crippen molar-refractivity contribution in [1.29, 1.82) is 0 Å². The van der Waals surface area contributed by atoms with Gasteiger partial charge in [0.25, 0.3) is 0 Å². The standard InChI is InChI=1S/C14H17BrN2O3S/c1-3-11-17(10(7-21-11)13(18)19)14(20)16-9-6-4-5-8(2)12(9)15/h4-6,10-11H,3,7H2,1-2H3,(H,16,20)(H,18,19). The third kappa shape index (κ3) is 3.35. The fraction of sp³-hybridized carbons (Fsp3) is 0.429. The van der Waals surface area contributed by atoms with Crippen molar-refractivity contribution in [3.63, 3.8) is 0 Å². The first-order chi connectivity index (χ1) is 9.95. The minimum Gasteiger partial charge on any atom is -0.480 e. The van der Waals surface area contributed by atoms with Gasteiger partial charge < -0.3 is 10.4 Å². The van der Waals surface area contributed by atoms with Crippen molar-refractivity contribution in [2.24, 2.45) is 0 Å². The van der Waals surface area contributed by atoms with E-state index in [1.165, 1.54) is 16.7 Å². The molecule has 1 aromatic rings. The first kappa shape index (κ1) is 16.2. The molecule has 0 radical (unpaired) electrons. The minimum atomic E-state index is -0.961. The number of amides is 2. The number of rotatable bonds is 3. The van der Waals surface area contributed by atoms with E-state index in [0.717, 1.165) is 16.5 Å². The van der Waals surface area contributed by atoms with E-state index in [1.54, 1.807) is 6.07 Å². The molecule has 1 aliphatic rings. The normalized spacial score (nSPS) is 21.4. The van der Waals surface area contributed by atoms with E-state index in [0.29, 0.717) is 11.4 Å². The van der Waals surface area contributed by atoms with Crippen LogP contribution in [0.5, 0.6) is 0 Å². The summed E-state index contributed by atoms with van der Waals surface area (Å²) in [5.74, 6) is -0.534. The molecule has 2 unspecified atom stereocenters. The number of thioether (sulfide) groups is 1. The number of nitrogens with zero attached hydrogens (tertiary/aromatic N) is 1. The van der Waals surface area contributed by atoms with E-state index in [9.17, 15) is 14.7 Å². The van der Waals surface area contributed by atoms with Crippen LogP contribution in [-0.2, 0) is 4.79 Å². The van der Waals surface area contributed by atoms with Gasteiger partial charge in [0.05, 0.1) is 11.1 Å². The summed E-state index contributed by atoms with van der Waals surface area (Å²) in [6, 6.07) is 4.42. The molecule has 1 aromatic carbocycles. The topological polar surface area (TPSA) is 69.6 Å². The van der Waals surface area contributed by atoms with Gasteiger partial charge in [-0.3, -0.25) is 4.90 Å². The van der Waals surface area contributed by atoms with Gasteiger partial charge in [0.2, 0.25) is 0 Å². The van der Waals surface area contributed by atoms with Gasteiger partial charge in [-0.25, -0.2) is 9.59 Å². The molecule has 0 bridgehead atoms. The van der Waals surface area contributed by atoms with Crippen molar-refractivity contribution >= 4 is 45.4 Å². The molecule has 0 aromatic heterocycles. The smallest absolute Gasteiger partial charge is 0.327 e. The number of carboxylic acids is 1. The van der Waals surface area contributed by atoms with E-state index in [-0.39, 0.29) is 11.4 Å². The molecule has 1 aliphatic heterocycles. The van der Waals surface area contributed by atoms with Crippen LogP contribution in [0.3, 0.4) is 0 Å². The average Bonchev–Trinajstić information content (AvgIpc) is 2.88. The average molecular weight is 373 g/mol. The van der Waals surface area contributed by atoms with Crippen molar-refractivity contribution < 1.29 is 14.7 Å². The molecule has 0 saturated carbocycles. The van der Waals surface area contributed by atoms with Crippen LogP contribution in [0.1, 0.15) is 18.9 Å². The molecule has 7 heteroatoms. The maximum absolute atomic E-state index is 12.5. The van der Waals surface area contributed by atoms with Gasteiger partial charge in [-0.2, -0.15) is 0 Å². The number of carbonyl (C=O) groups is 2. The van der Waals surface area contributed by atoms with Gasteiger partial charge in [0.1, 0.15) is 6.04 Å². The van der Waals surface area contributed by atoms with Gasteiger partial charge >= 0.3 is 12.0 Å². The maximum Gasteiger partial charge on any atom is 0.327 e. The zero-order valence-corrected chi connectivity index (χ0v) is 14.2. The Kier molecular flexibility index (Phi) is 5.16. The number of aliphatic carboxylic acids is 1. The summed E-state index contributed by atoms with van der Waals surface area (Å²) in [6.07, 6.45) is 0.719. The molecule has 2 amide bonds. The summed E-state index contributed by atoms with van der Waals surface area (Å²) in [6.45, 7) is 3.88. The first-order valence-electron chi connectivity index (χ1n) is 6.64. The Morgan fingerprint density at radius 1 is 1.52 bits per heavy atom. The van der Waals surface area contributed by atoms with Crippen LogP contribution in [0.25, 0.3) is 0 Å². The lowest BCUT2D eigenvalue weighted by atomic mass is 10.2. The van der Waals surface area contributed by atoms with Gasteiger partial charge in [0, 0.05) is 10.2 Å². The molecule has 2 N–H and O–H groups in total. The zero-order chi connectivity index (χ0) is 15.6. The Balaban J connectivity index is 2.21. The molecule has 2 rings (SSSR count). The van der Waals surface area contributed by atoms with Gasteiger partial charge in [-0.05, 0) is 40.9 Å². The van der Waals surface area contributed by atoms with Crippen molar-refractivity contribution in [2.75, 3.05) is 11.1 Å². The summed E-state index contributed by atoms with van der Waals surface area (Å²) >= 11 is 4.94. The number of carboxylic acid groups (broad SMARTS) is 1. The lowest BCUT2D eigenvalue weighted by Gasteiger charge is -2.27. The molecule has 1 saturated heterocycles. The highest BCUT2D eigenvalue weighted by atomic mass is 79.9. The van der Waals surface area contributed by atoms with Crippen LogP contribution in [0.15, 0.2) is 22.7 Å². The third-order valence-corrected chi connectivity index (χ3v) is 5.90. The second-order valence-corrected chi connectivity index (χ2v) is 6.83. The Hall–Kier alpha value is -1.21. The third-order valence-electron chi connectivity index (χ3n) is 3.39. The number of hydrogen-bond donors (Lipinski definition) is 2. The first-order valence-corrected chi connectivity index (χ1v) is 8.48.